The van der Waals surface area contributed by atoms with Gasteiger partial charge in [-0.15, -0.1) is 10.2 Å². The van der Waals surface area contributed by atoms with Crippen LogP contribution in [0.2, 0.25) is 0 Å². The van der Waals surface area contributed by atoms with E-state index in [1.165, 1.54) is 0 Å². The first-order chi connectivity index (χ1) is 12.1. The fourth-order valence-corrected chi connectivity index (χ4v) is 2.70. The van der Waals surface area contributed by atoms with E-state index in [0.717, 1.165) is 22.9 Å². The summed E-state index contributed by atoms with van der Waals surface area (Å²) < 4.78 is 5.57. The van der Waals surface area contributed by atoms with E-state index >= 15 is 0 Å². The van der Waals surface area contributed by atoms with Crippen LogP contribution in [0, 0.1) is 6.92 Å². The van der Waals surface area contributed by atoms with Crippen molar-refractivity contribution in [1.82, 2.24) is 15.5 Å². The number of benzene rings is 2. The Bertz CT molecular complexity index is 893. The number of nitrogens with one attached hydrogen (secondary N) is 1. The molecule has 2 amide bonds. The Morgan fingerprint density at radius 1 is 1.04 bits per heavy atom. The summed E-state index contributed by atoms with van der Waals surface area (Å²) in [5.41, 5.74) is 2.31. The molecule has 0 unspecified atom stereocenters. The van der Waals surface area contributed by atoms with Gasteiger partial charge in [0, 0.05) is 11.1 Å². The third-order valence-electron chi connectivity index (χ3n) is 3.40. The predicted molar refractivity (Wildman–Crippen MR) is 94.1 cm³/mol. The van der Waals surface area contributed by atoms with Gasteiger partial charge in [0.25, 0.3) is 11.1 Å². The molecule has 2 aromatic carbocycles. The molecule has 0 bridgehead atoms. The molecule has 0 aliphatic carbocycles. The molecule has 1 heterocycles. The maximum absolute atomic E-state index is 11.9. The molecule has 0 atom stereocenters. The smallest absolute Gasteiger partial charge is 0.277 e. The molecular weight excluding hydrogens is 338 g/mol. The first-order valence-electron chi connectivity index (χ1n) is 7.55. The third kappa shape index (κ3) is 4.33. The Labute approximate surface area is 148 Å². The van der Waals surface area contributed by atoms with Crippen molar-refractivity contribution in [1.29, 1.82) is 0 Å². The van der Waals surface area contributed by atoms with Gasteiger partial charge in [-0.3, -0.25) is 14.9 Å². The van der Waals surface area contributed by atoms with Crippen LogP contribution in [-0.2, 0) is 4.79 Å². The summed E-state index contributed by atoms with van der Waals surface area (Å²) in [6.07, 6.45) is 0. The van der Waals surface area contributed by atoms with Crippen LogP contribution in [-0.4, -0.2) is 27.8 Å². The first kappa shape index (κ1) is 16.9. The molecule has 126 valence electrons. The average molecular weight is 353 g/mol. The van der Waals surface area contributed by atoms with Crippen LogP contribution in [0.5, 0.6) is 0 Å². The van der Waals surface area contributed by atoms with Crippen molar-refractivity contribution in [2.45, 2.75) is 12.1 Å². The molecule has 25 heavy (non-hydrogen) atoms. The summed E-state index contributed by atoms with van der Waals surface area (Å²) in [7, 11) is 0. The number of aromatic nitrogens is 2. The molecule has 7 heteroatoms. The van der Waals surface area contributed by atoms with Gasteiger partial charge in [0.2, 0.25) is 11.8 Å². The first-order valence-corrected chi connectivity index (χ1v) is 8.53. The van der Waals surface area contributed by atoms with Gasteiger partial charge in [0.15, 0.2) is 0 Å². The topological polar surface area (TPSA) is 85.1 Å². The van der Waals surface area contributed by atoms with Gasteiger partial charge in [0.1, 0.15) is 0 Å². The van der Waals surface area contributed by atoms with Gasteiger partial charge in [-0.2, -0.15) is 0 Å². The Morgan fingerprint density at radius 3 is 2.52 bits per heavy atom. The molecule has 0 aliphatic rings. The zero-order chi connectivity index (χ0) is 17.6. The van der Waals surface area contributed by atoms with Crippen molar-refractivity contribution >= 4 is 23.6 Å². The normalized spacial score (nSPS) is 10.4. The van der Waals surface area contributed by atoms with E-state index in [0.29, 0.717) is 11.5 Å². The van der Waals surface area contributed by atoms with Crippen molar-refractivity contribution in [3.05, 3.63) is 65.7 Å². The fraction of sp³-hybridized carbons (Fsp3) is 0.111. The van der Waals surface area contributed by atoms with E-state index in [9.17, 15) is 9.59 Å². The number of amides is 2. The summed E-state index contributed by atoms with van der Waals surface area (Å²) in [4.78, 5) is 23.8. The van der Waals surface area contributed by atoms with Crippen LogP contribution in [0.15, 0.2) is 64.2 Å². The number of carbonyl (C=O) groups is 2. The zero-order valence-corrected chi connectivity index (χ0v) is 14.2. The molecule has 3 rings (SSSR count). The van der Waals surface area contributed by atoms with Crippen molar-refractivity contribution < 1.29 is 14.0 Å². The summed E-state index contributed by atoms with van der Waals surface area (Å²) in [6.45, 7) is 1.95. The molecule has 0 fully saturated rings. The maximum atomic E-state index is 11.9. The number of imide groups is 1. The molecule has 0 saturated carbocycles. The van der Waals surface area contributed by atoms with Crippen LogP contribution in [0.3, 0.4) is 0 Å². The lowest BCUT2D eigenvalue weighted by Crippen LogP contribution is -2.31. The summed E-state index contributed by atoms with van der Waals surface area (Å²) >= 11 is 1.08. The van der Waals surface area contributed by atoms with Crippen LogP contribution in [0.4, 0.5) is 0 Å². The molecule has 0 aliphatic heterocycles. The van der Waals surface area contributed by atoms with E-state index < -0.39 is 11.8 Å². The summed E-state index contributed by atoms with van der Waals surface area (Å²) in [5, 5.41) is 10.5. The van der Waals surface area contributed by atoms with Crippen molar-refractivity contribution in [2.75, 3.05) is 5.75 Å². The summed E-state index contributed by atoms with van der Waals surface area (Å²) in [5.74, 6) is -0.443. The number of hydrogen-bond donors (Lipinski definition) is 1. The molecule has 1 N–H and O–H groups in total. The molecule has 0 radical (unpaired) electrons. The van der Waals surface area contributed by atoms with E-state index in [-0.39, 0.29) is 11.0 Å². The maximum Gasteiger partial charge on any atom is 0.277 e. The van der Waals surface area contributed by atoms with Crippen molar-refractivity contribution in [3.63, 3.8) is 0 Å². The second-order valence-electron chi connectivity index (χ2n) is 5.22. The Balaban J connectivity index is 1.56. The predicted octanol–water partition coefficient (Wildman–Crippen LogP) is 3.09. The highest BCUT2D eigenvalue weighted by molar-refractivity contribution is 7.99. The van der Waals surface area contributed by atoms with Crippen molar-refractivity contribution in [3.8, 4) is 11.5 Å². The van der Waals surface area contributed by atoms with Crippen LogP contribution < -0.4 is 5.32 Å². The SMILES string of the molecule is Cc1ccccc1-c1nnc(SCC(=O)NC(=O)c2ccccc2)o1. The Morgan fingerprint density at radius 2 is 1.76 bits per heavy atom. The van der Waals surface area contributed by atoms with Gasteiger partial charge >= 0.3 is 0 Å². The highest BCUT2D eigenvalue weighted by Gasteiger charge is 2.14. The average Bonchev–Trinajstić information content (AvgIpc) is 3.10. The number of carbonyl (C=O) groups excluding carboxylic acids is 2. The lowest BCUT2D eigenvalue weighted by molar-refractivity contribution is -0.117. The second-order valence-corrected chi connectivity index (χ2v) is 6.15. The van der Waals surface area contributed by atoms with E-state index in [1.807, 2.05) is 31.2 Å². The number of aryl methyl sites for hydroxylation is 1. The molecular formula is C18H15N3O3S. The van der Waals surface area contributed by atoms with Crippen LogP contribution >= 0.6 is 11.8 Å². The van der Waals surface area contributed by atoms with Crippen LogP contribution in [0.1, 0.15) is 15.9 Å². The van der Waals surface area contributed by atoms with Gasteiger partial charge < -0.3 is 4.42 Å². The number of hydrogen-bond acceptors (Lipinski definition) is 6. The van der Waals surface area contributed by atoms with Crippen LogP contribution in [0.25, 0.3) is 11.5 Å². The van der Waals surface area contributed by atoms with Gasteiger partial charge in [-0.05, 0) is 30.7 Å². The molecule has 0 saturated heterocycles. The lowest BCUT2D eigenvalue weighted by Gasteiger charge is -2.02. The molecule has 1 aromatic heterocycles. The molecule has 0 spiro atoms. The van der Waals surface area contributed by atoms with E-state index in [1.54, 1.807) is 30.3 Å². The zero-order valence-electron chi connectivity index (χ0n) is 13.4. The lowest BCUT2D eigenvalue weighted by atomic mass is 10.1. The quantitative estimate of drug-likeness (QED) is 0.710. The highest BCUT2D eigenvalue weighted by Crippen LogP contribution is 2.25. The number of rotatable bonds is 5. The molecule has 6 nitrogen and oxygen atoms in total. The van der Waals surface area contributed by atoms with E-state index in [4.69, 9.17) is 4.42 Å². The van der Waals surface area contributed by atoms with Crippen molar-refractivity contribution in [2.24, 2.45) is 0 Å². The van der Waals surface area contributed by atoms with Gasteiger partial charge in [0.05, 0.1) is 5.75 Å². The Hall–Kier alpha value is -2.93. The summed E-state index contributed by atoms with van der Waals surface area (Å²) in [6, 6.07) is 16.2. The number of nitrogens with zero attached hydrogens (tertiary/aromatic N) is 2. The minimum Gasteiger partial charge on any atom is -0.411 e. The standard InChI is InChI=1S/C18H15N3O3S/c1-12-7-5-6-10-14(12)17-20-21-18(24-17)25-11-15(22)19-16(23)13-8-3-2-4-9-13/h2-10H,11H2,1H3,(H,19,22,23). The van der Waals surface area contributed by atoms with Gasteiger partial charge in [-0.25, -0.2) is 0 Å². The fourth-order valence-electron chi connectivity index (χ4n) is 2.14. The van der Waals surface area contributed by atoms with E-state index in [2.05, 4.69) is 15.5 Å². The minimum absolute atomic E-state index is 0.00792. The minimum atomic E-state index is -0.433. The largest absolute Gasteiger partial charge is 0.411 e. The second kappa shape index (κ2) is 7.76. The monoisotopic (exact) mass is 353 g/mol. The highest BCUT2D eigenvalue weighted by atomic mass is 32.2. The molecule has 3 aromatic rings. The third-order valence-corrected chi connectivity index (χ3v) is 4.22. The number of thioether (sulfide) groups is 1. The van der Waals surface area contributed by atoms with Gasteiger partial charge in [-0.1, -0.05) is 48.2 Å². The Kier molecular flexibility index (Phi) is 5.25.